The SMILES string of the molecule is CCC(C(=O)Nc1ccc(F)cc1F)n1nc(-c2ccccc2)c2c(c1=O)CCCC2. The molecule has 0 saturated heterocycles. The minimum atomic E-state index is -0.924. The minimum absolute atomic E-state index is 0.140. The number of fused-ring (bicyclic) bond motifs is 1. The molecular formula is C24H23F2N3O2. The molecule has 0 fully saturated rings. The lowest BCUT2D eigenvalue weighted by atomic mass is 9.89. The van der Waals surface area contributed by atoms with Gasteiger partial charge in [0.05, 0.1) is 11.4 Å². The Labute approximate surface area is 178 Å². The second-order valence-corrected chi connectivity index (χ2v) is 7.67. The van der Waals surface area contributed by atoms with E-state index in [2.05, 4.69) is 10.4 Å². The molecule has 1 aliphatic carbocycles. The fraction of sp³-hybridized carbons (Fsp3) is 0.292. The number of amides is 1. The number of halogens is 2. The molecule has 0 saturated carbocycles. The van der Waals surface area contributed by atoms with Crippen molar-refractivity contribution in [2.24, 2.45) is 0 Å². The number of carbonyl (C=O) groups excluding carboxylic acids is 1. The third-order valence-electron chi connectivity index (χ3n) is 5.65. The van der Waals surface area contributed by atoms with Gasteiger partial charge in [0, 0.05) is 17.2 Å². The van der Waals surface area contributed by atoms with Crippen LogP contribution in [-0.2, 0) is 17.6 Å². The average molecular weight is 423 g/mol. The first-order chi connectivity index (χ1) is 15.0. The Bertz CT molecular complexity index is 1180. The smallest absolute Gasteiger partial charge is 0.271 e. The first-order valence-corrected chi connectivity index (χ1v) is 10.5. The van der Waals surface area contributed by atoms with Crippen LogP contribution in [0.5, 0.6) is 0 Å². The van der Waals surface area contributed by atoms with Crippen LogP contribution in [0.4, 0.5) is 14.5 Å². The van der Waals surface area contributed by atoms with Crippen molar-refractivity contribution in [1.29, 1.82) is 0 Å². The van der Waals surface area contributed by atoms with Crippen molar-refractivity contribution < 1.29 is 13.6 Å². The van der Waals surface area contributed by atoms with Gasteiger partial charge in [0.1, 0.15) is 17.7 Å². The van der Waals surface area contributed by atoms with Crippen LogP contribution in [0.2, 0.25) is 0 Å². The molecule has 0 aliphatic heterocycles. The average Bonchev–Trinajstić information content (AvgIpc) is 2.78. The normalized spacial score (nSPS) is 14.0. The molecule has 1 unspecified atom stereocenters. The van der Waals surface area contributed by atoms with E-state index in [4.69, 9.17) is 0 Å². The lowest BCUT2D eigenvalue weighted by Crippen LogP contribution is -2.38. The zero-order valence-electron chi connectivity index (χ0n) is 17.2. The van der Waals surface area contributed by atoms with Gasteiger partial charge in [-0.15, -0.1) is 0 Å². The second kappa shape index (κ2) is 8.79. The fourth-order valence-electron chi connectivity index (χ4n) is 4.07. The quantitative estimate of drug-likeness (QED) is 0.649. The molecule has 31 heavy (non-hydrogen) atoms. The molecule has 4 rings (SSSR count). The van der Waals surface area contributed by atoms with E-state index >= 15 is 0 Å². The summed E-state index contributed by atoms with van der Waals surface area (Å²) < 4.78 is 28.4. The molecule has 1 amide bonds. The summed E-state index contributed by atoms with van der Waals surface area (Å²) in [7, 11) is 0. The van der Waals surface area contributed by atoms with Crippen molar-refractivity contribution in [2.75, 3.05) is 5.32 Å². The number of hydrogen-bond donors (Lipinski definition) is 1. The number of anilines is 1. The Morgan fingerprint density at radius 2 is 1.81 bits per heavy atom. The van der Waals surface area contributed by atoms with Crippen LogP contribution in [0.15, 0.2) is 53.3 Å². The third-order valence-corrected chi connectivity index (χ3v) is 5.65. The summed E-state index contributed by atoms with van der Waals surface area (Å²) in [6, 6.07) is 11.6. The summed E-state index contributed by atoms with van der Waals surface area (Å²) in [6.07, 6.45) is 3.59. The Balaban J connectivity index is 1.78. The van der Waals surface area contributed by atoms with Gasteiger partial charge < -0.3 is 5.32 Å². The van der Waals surface area contributed by atoms with Crippen LogP contribution >= 0.6 is 0 Å². The third kappa shape index (κ3) is 4.13. The molecule has 0 spiro atoms. The molecule has 2 aromatic carbocycles. The predicted molar refractivity (Wildman–Crippen MR) is 115 cm³/mol. The zero-order valence-corrected chi connectivity index (χ0v) is 17.2. The van der Waals surface area contributed by atoms with Crippen molar-refractivity contribution >= 4 is 11.6 Å². The Morgan fingerprint density at radius 1 is 1.10 bits per heavy atom. The van der Waals surface area contributed by atoms with Crippen molar-refractivity contribution in [1.82, 2.24) is 9.78 Å². The van der Waals surface area contributed by atoms with E-state index in [-0.39, 0.29) is 17.7 Å². The highest BCUT2D eigenvalue weighted by atomic mass is 19.1. The van der Waals surface area contributed by atoms with Gasteiger partial charge in [0.25, 0.3) is 5.56 Å². The molecule has 1 aliphatic rings. The van der Waals surface area contributed by atoms with E-state index in [1.165, 1.54) is 4.68 Å². The minimum Gasteiger partial charge on any atom is -0.322 e. The maximum Gasteiger partial charge on any atom is 0.271 e. The van der Waals surface area contributed by atoms with E-state index < -0.39 is 23.6 Å². The van der Waals surface area contributed by atoms with E-state index in [1.54, 1.807) is 6.92 Å². The van der Waals surface area contributed by atoms with Crippen LogP contribution in [-0.4, -0.2) is 15.7 Å². The van der Waals surface area contributed by atoms with Gasteiger partial charge in [-0.05, 0) is 49.8 Å². The Morgan fingerprint density at radius 3 is 2.48 bits per heavy atom. The number of benzene rings is 2. The maximum absolute atomic E-state index is 14.0. The van der Waals surface area contributed by atoms with Crippen LogP contribution in [0.1, 0.15) is 43.4 Å². The first kappa shape index (κ1) is 20.9. The molecule has 0 radical (unpaired) electrons. The predicted octanol–water partition coefficient (Wildman–Crippen LogP) is 4.66. The van der Waals surface area contributed by atoms with Gasteiger partial charge in [0.15, 0.2) is 0 Å². The van der Waals surface area contributed by atoms with Crippen LogP contribution < -0.4 is 10.9 Å². The van der Waals surface area contributed by atoms with Crippen molar-refractivity contribution in [3.63, 3.8) is 0 Å². The van der Waals surface area contributed by atoms with E-state index in [0.29, 0.717) is 23.7 Å². The summed E-state index contributed by atoms with van der Waals surface area (Å²) in [5.74, 6) is -2.18. The van der Waals surface area contributed by atoms with Gasteiger partial charge in [0.2, 0.25) is 5.91 Å². The van der Waals surface area contributed by atoms with E-state index in [1.807, 2.05) is 30.3 Å². The number of nitrogens with one attached hydrogen (secondary N) is 1. The second-order valence-electron chi connectivity index (χ2n) is 7.67. The van der Waals surface area contributed by atoms with Crippen molar-refractivity contribution in [2.45, 2.75) is 45.1 Å². The highest BCUT2D eigenvalue weighted by Crippen LogP contribution is 2.29. The number of hydrogen-bond acceptors (Lipinski definition) is 3. The molecule has 5 nitrogen and oxygen atoms in total. The summed E-state index contributed by atoms with van der Waals surface area (Å²) in [5, 5.41) is 7.09. The van der Waals surface area contributed by atoms with Gasteiger partial charge in [-0.1, -0.05) is 37.3 Å². The van der Waals surface area contributed by atoms with Crippen molar-refractivity contribution in [3.8, 4) is 11.3 Å². The molecule has 160 valence electrons. The summed E-state index contributed by atoms with van der Waals surface area (Å²) in [4.78, 5) is 26.2. The molecule has 1 N–H and O–H groups in total. The van der Waals surface area contributed by atoms with Gasteiger partial charge >= 0.3 is 0 Å². The Hall–Kier alpha value is -3.35. The summed E-state index contributed by atoms with van der Waals surface area (Å²) in [5.41, 5.74) is 2.80. The van der Waals surface area contributed by atoms with Crippen LogP contribution in [0.25, 0.3) is 11.3 Å². The van der Waals surface area contributed by atoms with Gasteiger partial charge in [-0.2, -0.15) is 5.10 Å². The molecule has 3 aromatic rings. The number of rotatable bonds is 5. The van der Waals surface area contributed by atoms with Gasteiger partial charge in [-0.25, -0.2) is 13.5 Å². The molecule has 1 heterocycles. The maximum atomic E-state index is 14.0. The summed E-state index contributed by atoms with van der Waals surface area (Å²) >= 11 is 0. The zero-order chi connectivity index (χ0) is 22.0. The number of nitrogens with zero attached hydrogens (tertiary/aromatic N) is 2. The monoisotopic (exact) mass is 423 g/mol. The van der Waals surface area contributed by atoms with Crippen LogP contribution in [0.3, 0.4) is 0 Å². The largest absolute Gasteiger partial charge is 0.322 e. The fourth-order valence-corrected chi connectivity index (χ4v) is 4.07. The molecule has 0 bridgehead atoms. The number of aromatic nitrogens is 2. The topological polar surface area (TPSA) is 64.0 Å². The molecular weight excluding hydrogens is 400 g/mol. The van der Waals surface area contributed by atoms with E-state index in [9.17, 15) is 18.4 Å². The first-order valence-electron chi connectivity index (χ1n) is 10.5. The summed E-state index contributed by atoms with van der Waals surface area (Å²) in [6.45, 7) is 1.76. The molecule has 1 aromatic heterocycles. The highest BCUT2D eigenvalue weighted by Gasteiger charge is 2.27. The van der Waals surface area contributed by atoms with E-state index in [0.717, 1.165) is 42.5 Å². The lowest BCUT2D eigenvalue weighted by molar-refractivity contribution is -0.119. The van der Waals surface area contributed by atoms with Crippen molar-refractivity contribution in [3.05, 3.63) is 81.6 Å². The molecule has 1 atom stereocenters. The van der Waals surface area contributed by atoms with Gasteiger partial charge in [-0.3, -0.25) is 9.59 Å². The highest BCUT2D eigenvalue weighted by molar-refractivity contribution is 5.93. The standard InChI is InChI=1S/C24H23F2N3O2/c1-2-21(23(30)27-20-13-12-16(25)14-19(20)26)29-24(31)18-11-7-6-10-17(18)22(28-29)15-8-4-3-5-9-15/h3-5,8-9,12-14,21H,2,6-7,10-11H2,1H3,(H,27,30). The molecule has 7 heteroatoms. The number of carbonyl (C=O) groups is 1. The lowest BCUT2D eigenvalue weighted by Gasteiger charge is -2.23. The van der Waals surface area contributed by atoms with Crippen LogP contribution in [0, 0.1) is 11.6 Å². The Kier molecular flexibility index (Phi) is 5.93.